The molecule has 0 aliphatic carbocycles. The average molecular weight is 309 g/mol. The fourth-order valence-electron chi connectivity index (χ4n) is 2.08. The third kappa shape index (κ3) is 4.32. The largest absolute Gasteiger partial charge is 0.480 e. The van der Waals surface area contributed by atoms with Gasteiger partial charge in [-0.25, -0.2) is 9.67 Å². The van der Waals surface area contributed by atoms with E-state index < -0.39 is 5.97 Å². The molecule has 1 atom stereocenters. The lowest BCUT2D eigenvalue weighted by Crippen LogP contribution is -2.17. The summed E-state index contributed by atoms with van der Waals surface area (Å²) < 4.78 is 3.30. The zero-order valence-corrected chi connectivity index (χ0v) is 13.0. The molecule has 0 spiro atoms. The van der Waals surface area contributed by atoms with Crippen LogP contribution in [0, 0.1) is 0 Å². The van der Waals surface area contributed by atoms with E-state index in [-0.39, 0.29) is 12.5 Å². The number of nitrogens with zero attached hydrogens (tertiary/aromatic N) is 5. The highest BCUT2D eigenvalue weighted by molar-refractivity contribution is 7.98. The number of aryl methyl sites for hydroxylation is 1. The molecule has 1 unspecified atom stereocenters. The Balaban J connectivity index is 2.17. The SMILES string of the molecule is CSCCc1nc(C(C)Cn2cccn2)n(CC(=O)O)n1. The number of carboxylic acid groups (broad SMARTS) is 1. The quantitative estimate of drug-likeness (QED) is 0.790. The maximum atomic E-state index is 11.0. The van der Waals surface area contributed by atoms with Crippen LogP contribution in [0.15, 0.2) is 18.5 Å². The van der Waals surface area contributed by atoms with Crippen molar-refractivity contribution in [3.8, 4) is 0 Å². The number of thioether (sulfide) groups is 1. The van der Waals surface area contributed by atoms with E-state index in [1.807, 2.05) is 30.1 Å². The van der Waals surface area contributed by atoms with Crippen molar-refractivity contribution in [1.29, 1.82) is 0 Å². The van der Waals surface area contributed by atoms with Gasteiger partial charge in [0.25, 0.3) is 0 Å². The Morgan fingerprint density at radius 1 is 1.52 bits per heavy atom. The Kier molecular flexibility index (Phi) is 5.38. The van der Waals surface area contributed by atoms with Gasteiger partial charge in [0, 0.05) is 30.5 Å². The van der Waals surface area contributed by atoms with Gasteiger partial charge in [-0.1, -0.05) is 6.92 Å². The van der Waals surface area contributed by atoms with E-state index in [4.69, 9.17) is 5.11 Å². The molecule has 2 heterocycles. The first kappa shape index (κ1) is 15.6. The summed E-state index contributed by atoms with van der Waals surface area (Å²) in [5.41, 5.74) is 0. The highest BCUT2D eigenvalue weighted by Crippen LogP contribution is 2.16. The van der Waals surface area contributed by atoms with Gasteiger partial charge in [0.2, 0.25) is 0 Å². The van der Waals surface area contributed by atoms with Gasteiger partial charge >= 0.3 is 5.97 Å². The molecule has 0 saturated heterocycles. The molecule has 0 aliphatic rings. The highest BCUT2D eigenvalue weighted by atomic mass is 32.2. The number of rotatable bonds is 8. The Morgan fingerprint density at radius 3 is 2.95 bits per heavy atom. The van der Waals surface area contributed by atoms with Crippen LogP contribution in [-0.4, -0.2) is 47.6 Å². The summed E-state index contributed by atoms with van der Waals surface area (Å²) >= 11 is 1.72. The number of hydrogen-bond donors (Lipinski definition) is 1. The normalized spacial score (nSPS) is 12.5. The van der Waals surface area contributed by atoms with Gasteiger partial charge in [0.15, 0.2) is 5.82 Å². The molecule has 0 radical (unpaired) electrons. The lowest BCUT2D eigenvalue weighted by molar-refractivity contribution is -0.137. The van der Waals surface area contributed by atoms with Gasteiger partial charge in [0.05, 0.1) is 6.54 Å². The van der Waals surface area contributed by atoms with Crippen LogP contribution < -0.4 is 0 Å². The van der Waals surface area contributed by atoms with Crippen molar-refractivity contribution in [2.24, 2.45) is 0 Å². The van der Waals surface area contributed by atoms with Gasteiger partial charge in [-0.05, 0) is 12.3 Å². The maximum absolute atomic E-state index is 11.0. The van der Waals surface area contributed by atoms with Crippen molar-refractivity contribution in [1.82, 2.24) is 24.5 Å². The fourth-order valence-corrected chi connectivity index (χ4v) is 2.47. The van der Waals surface area contributed by atoms with Gasteiger partial charge in [-0.2, -0.15) is 22.0 Å². The summed E-state index contributed by atoms with van der Waals surface area (Å²) in [6.07, 6.45) is 6.37. The van der Waals surface area contributed by atoms with Crippen LogP contribution in [0.25, 0.3) is 0 Å². The van der Waals surface area contributed by atoms with E-state index in [0.29, 0.717) is 18.2 Å². The molecule has 1 N–H and O–H groups in total. The third-order valence-electron chi connectivity index (χ3n) is 3.02. The van der Waals surface area contributed by atoms with Crippen LogP contribution in [0.5, 0.6) is 0 Å². The van der Waals surface area contributed by atoms with Crippen molar-refractivity contribution in [3.63, 3.8) is 0 Å². The number of aliphatic carboxylic acids is 1. The lowest BCUT2D eigenvalue weighted by Gasteiger charge is -2.11. The number of carboxylic acids is 1. The molecule has 114 valence electrons. The summed E-state index contributed by atoms with van der Waals surface area (Å²) in [7, 11) is 0. The second-order valence-corrected chi connectivity index (χ2v) is 5.80. The zero-order valence-electron chi connectivity index (χ0n) is 12.1. The molecule has 21 heavy (non-hydrogen) atoms. The van der Waals surface area contributed by atoms with Crippen molar-refractivity contribution in [3.05, 3.63) is 30.1 Å². The smallest absolute Gasteiger partial charge is 0.325 e. The minimum atomic E-state index is -0.913. The Labute approximate surface area is 127 Å². The summed E-state index contributed by atoms with van der Waals surface area (Å²) in [5.74, 6) is 1.45. The number of carbonyl (C=O) groups is 1. The fraction of sp³-hybridized carbons (Fsp3) is 0.538. The predicted molar refractivity (Wildman–Crippen MR) is 80.4 cm³/mol. The summed E-state index contributed by atoms with van der Waals surface area (Å²) in [6, 6.07) is 1.86. The zero-order chi connectivity index (χ0) is 15.2. The van der Waals surface area contributed by atoms with Gasteiger partial charge in [-0.15, -0.1) is 0 Å². The van der Waals surface area contributed by atoms with E-state index in [2.05, 4.69) is 15.2 Å². The van der Waals surface area contributed by atoms with Gasteiger partial charge in [-0.3, -0.25) is 9.48 Å². The number of aromatic nitrogens is 5. The Morgan fingerprint density at radius 2 is 2.33 bits per heavy atom. The van der Waals surface area contributed by atoms with E-state index in [0.717, 1.165) is 12.2 Å². The topological polar surface area (TPSA) is 85.8 Å². The minimum Gasteiger partial charge on any atom is -0.480 e. The molecule has 0 bridgehead atoms. The van der Waals surface area contributed by atoms with Crippen LogP contribution in [0.3, 0.4) is 0 Å². The summed E-state index contributed by atoms with van der Waals surface area (Å²) in [6.45, 7) is 2.49. The minimum absolute atomic E-state index is 0.0415. The predicted octanol–water partition coefficient (Wildman–Crippen LogP) is 1.27. The molecule has 0 aromatic carbocycles. The summed E-state index contributed by atoms with van der Waals surface area (Å²) in [4.78, 5) is 15.5. The monoisotopic (exact) mass is 309 g/mol. The van der Waals surface area contributed by atoms with E-state index in [1.54, 1.807) is 18.0 Å². The molecule has 0 aliphatic heterocycles. The van der Waals surface area contributed by atoms with Crippen molar-refractivity contribution < 1.29 is 9.90 Å². The van der Waals surface area contributed by atoms with Crippen LogP contribution in [0.2, 0.25) is 0 Å². The Bertz CT molecular complexity index is 581. The molecule has 0 saturated carbocycles. The molecule has 0 fully saturated rings. The molecule has 0 amide bonds. The highest BCUT2D eigenvalue weighted by Gasteiger charge is 2.18. The Hall–Kier alpha value is -1.83. The first-order chi connectivity index (χ1) is 10.1. The van der Waals surface area contributed by atoms with Crippen LogP contribution in [0.4, 0.5) is 0 Å². The second kappa shape index (κ2) is 7.26. The molecule has 2 aromatic rings. The first-order valence-electron chi connectivity index (χ1n) is 6.72. The summed E-state index contributed by atoms with van der Waals surface area (Å²) in [5, 5.41) is 17.5. The van der Waals surface area contributed by atoms with Crippen molar-refractivity contribution in [2.75, 3.05) is 12.0 Å². The van der Waals surface area contributed by atoms with E-state index in [1.165, 1.54) is 4.68 Å². The molecule has 8 heteroatoms. The molecular weight excluding hydrogens is 290 g/mol. The molecule has 7 nitrogen and oxygen atoms in total. The standard InChI is InChI=1S/C13H19N5O2S/c1-10(8-17-6-3-5-14-17)13-15-11(4-7-21-2)16-18(13)9-12(19)20/h3,5-6,10H,4,7-9H2,1-2H3,(H,19,20). The van der Waals surface area contributed by atoms with E-state index in [9.17, 15) is 4.79 Å². The first-order valence-corrected chi connectivity index (χ1v) is 8.11. The second-order valence-electron chi connectivity index (χ2n) is 4.81. The lowest BCUT2D eigenvalue weighted by atomic mass is 10.1. The van der Waals surface area contributed by atoms with Crippen molar-refractivity contribution >= 4 is 17.7 Å². The van der Waals surface area contributed by atoms with Gasteiger partial charge < -0.3 is 5.11 Å². The molecule has 2 aromatic heterocycles. The molecule has 2 rings (SSSR count). The van der Waals surface area contributed by atoms with Gasteiger partial charge in [0.1, 0.15) is 12.4 Å². The number of hydrogen-bond acceptors (Lipinski definition) is 5. The van der Waals surface area contributed by atoms with Crippen molar-refractivity contribution in [2.45, 2.75) is 32.4 Å². The van der Waals surface area contributed by atoms with Crippen LogP contribution in [-0.2, 0) is 24.3 Å². The van der Waals surface area contributed by atoms with E-state index >= 15 is 0 Å². The van der Waals surface area contributed by atoms with Crippen LogP contribution in [0.1, 0.15) is 24.5 Å². The molecular formula is C13H19N5O2S. The van der Waals surface area contributed by atoms with Crippen LogP contribution >= 0.6 is 11.8 Å². The maximum Gasteiger partial charge on any atom is 0.325 e. The average Bonchev–Trinajstić information content (AvgIpc) is 3.05. The third-order valence-corrected chi connectivity index (χ3v) is 3.63.